The average Bonchev–Trinajstić information content (AvgIpc) is 2.53. The molecule has 2 aromatic carbocycles. The quantitative estimate of drug-likeness (QED) is 0.812. The molecule has 0 aliphatic rings. The standard InChI is InChI=1S/C17H14ClF2NO3/c18-12-3-1-2-11(8-12)6-7-21-16(22)10-24-17(23)14-5-4-13(19)9-15(14)20/h1-5,8-9H,6-7,10H2,(H,21,22). The molecule has 0 aliphatic carbocycles. The number of carbonyl (C=O) groups is 2. The molecule has 0 atom stereocenters. The van der Waals surface area contributed by atoms with Crippen molar-refractivity contribution < 1.29 is 23.1 Å². The molecule has 7 heteroatoms. The van der Waals surface area contributed by atoms with E-state index in [9.17, 15) is 18.4 Å². The highest BCUT2D eigenvalue weighted by Crippen LogP contribution is 2.11. The van der Waals surface area contributed by atoms with Gasteiger partial charge in [-0.25, -0.2) is 13.6 Å². The Bertz CT molecular complexity index is 752. The summed E-state index contributed by atoms with van der Waals surface area (Å²) in [6.07, 6.45) is 0.562. The molecule has 0 unspecified atom stereocenters. The first-order chi connectivity index (χ1) is 11.5. The molecule has 0 bridgehead atoms. The number of rotatable bonds is 6. The molecular weight excluding hydrogens is 340 g/mol. The summed E-state index contributed by atoms with van der Waals surface area (Å²) in [7, 11) is 0. The number of benzene rings is 2. The van der Waals surface area contributed by atoms with Crippen LogP contribution in [-0.4, -0.2) is 25.0 Å². The van der Waals surface area contributed by atoms with Crippen LogP contribution in [0.15, 0.2) is 42.5 Å². The fraction of sp³-hybridized carbons (Fsp3) is 0.176. The second-order valence-electron chi connectivity index (χ2n) is 4.93. The molecule has 0 saturated carbocycles. The van der Waals surface area contributed by atoms with Crippen molar-refractivity contribution in [1.29, 1.82) is 0 Å². The highest BCUT2D eigenvalue weighted by Gasteiger charge is 2.15. The Morgan fingerprint density at radius 1 is 1.12 bits per heavy atom. The zero-order chi connectivity index (χ0) is 17.5. The second kappa shape index (κ2) is 8.40. The lowest BCUT2D eigenvalue weighted by Gasteiger charge is -2.07. The van der Waals surface area contributed by atoms with Gasteiger partial charge in [-0.1, -0.05) is 23.7 Å². The summed E-state index contributed by atoms with van der Waals surface area (Å²) in [6, 6.07) is 9.67. The summed E-state index contributed by atoms with van der Waals surface area (Å²) in [5.41, 5.74) is 0.524. The van der Waals surface area contributed by atoms with Crippen molar-refractivity contribution in [2.75, 3.05) is 13.2 Å². The number of nitrogens with one attached hydrogen (secondary N) is 1. The van der Waals surface area contributed by atoms with Crippen molar-refractivity contribution in [1.82, 2.24) is 5.32 Å². The fourth-order valence-electron chi connectivity index (χ4n) is 1.95. The summed E-state index contributed by atoms with van der Waals surface area (Å²) in [6.45, 7) is -0.215. The van der Waals surface area contributed by atoms with Crippen LogP contribution in [-0.2, 0) is 16.0 Å². The molecule has 4 nitrogen and oxygen atoms in total. The Hall–Kier alpha value is -2.47. The van der Waals surface area contributed by atoms with Gasteiger partial charge in [0.25, 0.3) is 5.91 Å². The van der Waals surface area contributed by atoms with Gasteiger partial charge in [0.15, 0.2) is 6.61 Å². The number of ether oxygens (including phenoxy) is 1. The summed E-state index contributed by atoms with van der Waals surface area (Å²) < 4.78 is 30.9. The van der Waals surface area contributed by atoms with Gasteiger partial charge in [-0.15, -0.1) is 0 Å². The van der Waals surface area contributed by atoms with Crippen LogP contribution in [0.1, 0.15) is 15.9 Å². The molecule has 1 amide bonds. The summed E-state index contributed by atoms with van der Waals surface area (Å²) in [5, 5.41) is 3.17. The van der Waals surface area contributed by atoms with Crippen LogP contribution in [0.25, 0.3) is 0 Å². The second-order valence-corrected chi connectivity index (χ2v) is 5.37. The van der Waals surface area contributed by atoms with Gasteiger partial charge in [0.2, 0.25) is 0 Å². The Balaban J connectivity index is 1.75. The first-order valence-corrected chi connectivity index (χ1v) is 7.47. The molecule has 0 fully saturated rings. The SMILES string of the molecule is O=C(COC(=O)c1ccc(F)cc1F)NCCc1cccc(Cl)c1. The molecule has 0 heterocycles. The monoisotopic (exact) mass is 353 g/mol. The number of esters is 1. The van der Waals surface area contributed by atoms with Gasteiger partial charge in [-0.05, 0) is 36.2 Å². The highest BCUT2D eigenvalue weighted by atomic mass is 35.5. The van der Waals surface area contributed by atoms with Gasteiger partial charge >= 0.3 is 5.97 Å². The van der Waals surface area contributed by atoms with Gasteiger partial charge < -0.3 is 10.1 Å². The van der Waals surface area contributed by atoms with Crippen molar-refractivity contribution in [2.24, 2.45) is 0 Å². The van der Waals surface area contributed by atoms with Crippen molar-refractivity contribution in [3.63, 3.8) is 0 Å². The van der Waals surface area contributed by atoms with E-state index in [1.54, 1.807) is 18.2 Å². The van der Waals surface area contributed by atoms with Gasteiger partial charge in [0.05, 0.1) is 5.56 Å². The normalized spacial score (nSPS) is 10.3. The van der Waals surface area contributed by atoms with Crippen LogP contribution in [0.5, 0.6) is 0 Å². The third kappa shape index (κ3) is 5.31. The lowest BCUT2D eigenvalue weighted by molar-refractivity contribution is -0.124. The molecular formula is C17H14ClF2NO3. The van der Waals surface area contributed by atoms with Gasteiger partial charge in [0, 0.05) is 17.6 Å². The van der Waals surface area contributed by atoms with E-state index in [0.717, 1.165) is 17.7 Å². The number of carbonyl (C=O) groups excluding carboxylic acids is 2. The van der Waals surface area contributed by atoms with E-state index in [2.05, 4.69) is 5.32 Å². The minimum absolute atomic E-state index is 0.335. The minimum atomic E-state index is -1.04. The van der Waals surface area contributed by atoms with E-state index in [1.165, 1.54) is 0 Å². The fourth-order valence-corrected chi connectivity index (χ4v) is 2.17. The van der Waals surface area contributed by atoms with E-state index in [4.69, 9.17) is 16.3 Å². The number of hydrogen-bond donors (Lipinski definition) is 1. The molecule has 24 heavy (non-hydrogen) atoms. The summed E-state index contributed by atoms with van der Waals surface area (Å²) in [4.78, 5) is 23.2. The molecule has 2 rings (SSSR count). The molecule has 0 saturated heterocycles. The Morgan fingerprint density at radius 2 is 1.92 bits per heavy atom. The van der Waals surface area contributed by atoms with Crippen molar-refractivity contribution in [2.45, 2.75) is 6.42 Å². The van der Waals surface area contributed by atoms with E-state index in [0.29, 0.717) is 24.1 Å². The van der Waals surface area contributed by atoms with Crippen molar-refractivity contribution >= 4 is 23.5 Å². The zero-order valence-corrected chi connectivity index (χ0v) is 13.3. The molecule has 0 aliphatic heterocycles. The Labute approximate surface area is 142 Å². The van der Waals surface area contributed by atoms with Crippen LogP contribution >= 0.6 is 11.6 Å². The predicted octanol–water partition coefficient (Wildman–Crippen LogP) is 3.13. The summed E-state index contributed by atoms with van der Waals surface area (Å²) >= 11 is 5.85. The topological polar surface area (TPSA) is 55.4 Å². The number of hydrogen-bond acceptors (Lipinski definition) is 3. The Kier molecular flexibility index (Phi) is 6.26. The van der Waals surface area contributed by atoms with Crippen LogP contribution in [0.3, 0.4) is 0 Å². The molecule has 2 aromatic rings. The minimum Gasteiger partial charge on any atom is -0.452 e. The summed E-state index contributed by atoms with van der Waals surface area (Å²) in [5.74, 6) is -3.39. The largest absolute Gasteiger partial charge is 0.452 e. The third-order valence-electron chi connectivity index (χ3n) is 3.11. The molecule has 126 valence electrons. The van der Waals surface area contributed by atoms with Gasteiger partial charge in [-0.3, -0.25) is 4.79 Å². The molecule has 0 radical (unpaired) electrons. The van der Waals surface area contributed by atoms with E-state index in [-0.39, 0.29) is 0 Å². The highest BCUT2D eigenvalue weighted by molar-refractivity contribution is 6.30. The predicted molar refractivity (Wildman–Crippen MR) is 84.8 cm³/mol. The van der Waals surface area contributed by atoms with Crippen LogP contribution in [0, 0.1) is 11.6 Å². The third-order valence-corrected chi connectivity index (χ3v) is 3.35. The maximum Gasteiger partial charge on any atom is 0.341 e. The first kappa shape index (κ1) is 17.9. The van der Waals surface area contributed by atoms with Crippen LogP contribution in [0.4, 0.5) is 8.78 Å². The maximum atomic E-state index is 13.4. The average molecular weight is 354 g/mol. The molecule has 1 N–H and O–H groups in total. The smallest absolute Gasteiger partial charge is 0.341 e. The Morgan fingerprint density at radius 3 is 2.62 bits per heavy atom. The maximum absolute atomic E-state index is 13.4. The number of amides is 1. The molecule has 0 spiro atoms. The van der Waals surface area contributed by atoms with Gasteiger partial charge in [-0.2, -0.15) is 0 Å². The number of halogens is 3. The van der Waals surface area contributed by atoms with E-state index < -0.39 is 35.7 Å². The lowest BCUT2D eigenvalue weighted by atomic mass is 10.1. The lowest BCUT2D eigenvalue weighted by Crippen LogP contribution is -2.30. The van der Waals surface area contributed by atoms with Gasteiger partial charge in [0.1, 0.15) is 11.6 Å². The van der Waals surface area contributed by atoms with Crippen LogP contribution in [0.2, 0.25) is 5.02 Å². The van der Waals surface area contributed by atoms with E-state index in [1.807, 2.05) is 6.07 Å². The molecule has 0 aromatic heterocycles. The first-order valence-electron chi connectivity index (χ1n) is 7.09. The van der Waals surface area contributed by atoms with Crippen molar-refractivity contribution in [3.05, 3.63) is 70.2 Å². The van der Waals surface area contributed by atoms with Crippen molar-refractivity contribution in [3.8, 4) is 0 Å². The zero-order valence-electron chi connectivity index (χ0n) is 12.5. The van der Waals surface area contributed by atoms with E-state index >= 15 is 0 Å². The van der Waals surface area contributed by atoms with Crippen LogP contribution < -0.4 is 5.32 Å².